The first kappa shape index (κ1) is 20.9. The minimum Gasteiger partial charge on any atom is -0.347 e. The smallest absolute Gasteiger partial charge is 0.319 e. The van der Waals surface area contributed by atoms with Crippen LogP contribution in [0, 0.1) is 0 Å². The van der Waals surface area contributed by atoms with Crippen LogP contribution in [-0.4, -0.2) is 61.0 Å². The summed E-state index contributed by atoms with van der Waals surface area (Å²) in [7, 11) is 7.49. The van der Waals surface area contributed by atoms with E-state index in [-0.39, 0.29) is 24.5 Å². The van der Waals surface area contributed by atoms with E-state index in [0.29, 0.717) is 12.2 Å². The Morgan fingerprint density at radius 3 is 2.59 bits per heavy atom. The number of hydrogen-bond donors (Lipinski definition) is 2. The summed E-state index contributed by atoms with van der Waals surface area (Å²) in [5.74, 6) is 0.0325. The van der Waals surface area contributed by atoms with Gasteiger partial charge in [-0.3, -0.25) is 4.79 Å². The van der Waals surface area contributed by atoms with E-state index in [4.69, 9.17) is 0 Å². The predicted octanol–water partition coefficient (Wildman–Crippen LogP) is 3.22. The van der Waals surface area contributed by atoms with Gasteiger partial charge in [0, 0.05) is 43.4 Å². The van der Waals surface area contributed by atoms with E-state index in [9.17, 15) is 9.59 Å². The van der Waals surface area contributed by atoms with Crippen molar-refractivity contribution in [1.82, 2.24) is 19.7 Å². The Labute approximate surface area is 174 Å². The number of nitrogens with zero attached hydrogens (tertiary/aromatic N) is 3. The summed E-state index contributed by atoms with van der Waals surface area (Å²) < 4.78 is 1.91. The highest BCUT2D eigenvalue weighted by Gasteiger charge is 2.16. The summed E-state index contributed by atoms with van der Waals surface area (Å²) in [6.45, 7) is 0.805. The van der Waals surface area contributed by atoms with Crippen molar-refractivity contribution in [1.29, 1.82) is 0 Å². The molecule has 2 aromatic heterocycles. The number of nitrogens with one attached hydrogen (secondary N) is 2. The first-order valence-corrected chi connectivity index (χ1v) is 10.3. The first-order valence-electron chi connectivity index (χ1n) is 9.37. The highest BCUT2D eigenvalue weighted by Crippen LogP contribution is 2.22. The van der Waals surface area contributed by atoms with Gasteiger partial charge in [0.1, 0.15) is 6.54 Å². The van der Waals surface area contributed by atoms with E-state index < -0.39 is 0 Å². The van der Waals surface area contributed by atoms with Crippen LogP contribution >= 0.6 is 11.3 Å². The number of carbonyl (C=O) groups is 2. The average Bonchev–Trinajstić information content (AvgIpc) is 3.32. The molecule has 2 heterocycles. The van der Waals surface area contributed by atoms with Gasteiger partial charge in [0.2, 0.25) is 5.91 Å². The van der Waals surface area contributed by atoms with Gasteiger partial charge in [0.25, 0.3) is 0 Å². The molecule has 0 radical (unpaired) electrons. The molecule has 1 atom stereocenters. The van der Waals surface area contributed by atoms with Gasteiger partial charge in [-0.15, -0.1) is 0 Å². The number of rotatable bonds is 7. The zero-order valence-electron chi connectivity index (χ0n) is 17.2. The van der Waals surface area contributed by atoms with Crippen LogP contribution in [0.25, 0.3) is 10.9 Å². The molecule has 1 aromatic carbocycles. The lowest BCUT2D eigenvalue weighted by Crippen LogP contribution is -2.36. The topological polar surface area (TPSA) is 69.6 Å². The van der Waals surface area contributed by atoms with Crippen LogP contribution in [0.1, 0.15) is 11.6 Å². The summed E-state index contributed by atoms with van der Waals surface area (Å²) >= 11 is 1.65. The summed E-state index contributed by atoms with van der Waals surface area (Å²) in [5, 5.41) is 11.0. The van der Waals surface area contributed by atoms with Gasteiger partial charge >= 0.3 is 6.03 Å². The fourth-order valence-corrected chi connectivity index (χ4v) is 3.84. The van der Waals surface area contributed by atoms with Crippen LogP contribution in [0.3, 0.4) is 0 Å². The standard InChI is InChI=1S/C21H27N5O2S/c1-24(2)19(16-8-10-29-14-16)12-22-21(28)23-17-5-6-18-15(11-17)7-9-26(18)13-20(27)25(3)4/h5-11,14,19H,12-13H2,1-4H3,(H2,22,23,28). The van der Waals surface area contributed by atoms with E-state index >= 15 is 0 Å². The van der Waals surface area contributed by atoms with E-state index in [0.717, 1.165) is 10.9 Å². The van der Waals surface area contributed by atoms with Crippen LogP contribution in [0.15, 0.2) is 47.3 Å². The molecule has 0 saturated carbocycles. The zero-order chi connectivity index (χ0) is 21.0. The first-order chi connectivity index (χ1) is 13.8. The number of amides is 3. The number of benzene rings is 1. The van der Waals surface area contributed by atoms with Crippen molar-refractivity contribution in [2.75, 3.05) is 40.1 Å². The van der Waals surface area contributed by atoms with E-state index in [2.05, 4.69) is 27.0 Å². The Hall–Kier alpha value is -2.84. The molecule has 3 aromatic rings. The number of hydrogen-bond acceptors (Lipinski definition) is 4. The number of anilines is 1. The maximum Gasteiger partial charge on any atom is 0.319 e. The highest BCUT2D eigenvalue weighted by atomic mass is 32.1. The Bertz CT molecular complexity index is 978. The Balaban J connectivity index is 1.62. The third-order valence-corrected chi connectivity index (χ3v) is 5.54. The van der Waals surface area contributed by atoms with Crippen molar-refractivity contribution in [3.63, 3.8) is 0 Å². The normalized spacial score (nSPS) is 12.2. The number of aromatic nitrogens is 1. The fourth-order valence-electron chi connectivity index (χ4n) is 3.13. The van der Waals surface area contributed by atoms with E-state index in [1.54, 1.807) is 30.3 Å². The maximum atomic E-state index is 12.4. The fraction of sp³-hybridized carbons (Fsp3) is 0.333. The third-order valence-electron chi connectivity index (χ3n) is 4.84. The maximum absolute atomic E-state index is 12.4. The van der Waals surface area contributed by atoms with Gasteiger partial charge in [-0.1, -0.05) is 0 Å². The van der Waals surface area contributed by atoms with Gasteiger partial charge in [-0.2, -0.15) is 11.3 Å². The molecule has 0 saturated heterocycles. The second-order valence-corrected chi connectivity index (χ2v) is 8.16. The minimum atomic E-state index is -0.242. The number of likely N-dealkylation sites (N-methyl/N-ethyl adjacent to an activating group) is 2. The molecule has 29 heavy (non-hydrogen) atoms. The van der Waals surface area contributed by atoms with Crippen molar-refractivity contribution in [3.05, 3.63) is 52.9 Å². The van der Waals surface area contributed by atoms with E-state index in [1.807, 2.05) is 54.5 Å². The Kier molecular flexibility index (Phi) is 6.56. The lowest BCUT2D eigenvalue weighted by molar-refractivity contribution is -0.129. The monoisotopic (exact) mass is 413 g/mol. The highest BCUT2D eigenvalue weighted by molar-refractivity contribution is 7.08. The molecule has 154 valence electrons. The summed E-state index contributed by atoms with van der Waals surface area (Å²) in [5.41, 5.74) is 2.86. The van der Waals surface area contributed by atoms with Crippen molar-refractivity contribution < 1.29 is 9.59 Å². The predicted molar refractivity (Wildman–Crippen MR) is 118 cm³/mol. The van der Waals surface area contributed by atoms with Crippen LogP contribution in [0.4, 0.5) is 10.5 Å². The largest absolute Gasteiger partial charge is 0.347 e. The van der Waals surface area contributed by atoms with Crippen LogP contribution in [0.2, 0.25) is 0 Å². The molecule has 0 aliphatic rings. The Morgan fingerprint density at radius 1 is 1.14 bits per heavy atom. The molecule has 8 heteroatoms. The van der Waals surface area contributed by atoms with Crippen LogP contribution < -0.4 is 10.6 Å². The molecule has 0 aliphatic heterocycles. The molecule has 1 unspecified atom stereocenters. The van der Waals surface area contributed by atoms with Gasteiger partial charge in [-0.05, 0) is 60.8 Å². The molecular weight excluding hydrogens is 386 g/mol. The number of carbonyl (C=O) groups excluding carboxylic acids is 2. The van der Waals surface area contributed by atoms with Crippen LogP contribution in [0.5, 0.6) is 0 Å². The van der Waals surface area contributed by atoms with Gasteiger partial charge in [0.15, 0.2) is 0 Å². The number of fused-ring (bicyclic) bond motifs is 1. The van der Waals surface area contributed by atoms with E-state index in [1.165, 1.54) is 5.56 Å². The van der Waals surface area contributed by atoms with Crippen molar-refractivity contribution in [2.24, 2.45) is 0 Å². The molecule has 7 nitrogen and oxygen atoms in total. The molecule has 3 amide bonds. The van der Waals surface area contributed by atoms with Gasteiger partial charge in [0.05, 0.1) is 6.04 Å². The quantitative estimate of drug-likeness (QED) is 0.625. The molecule has 2 N–H and O–H groups in total. The Morgan fingerprint density at radius 2 is 1.93 bits per heavy atom. The number of thiophene rings is 1. The van der Waals surface area contributed by atoms with Crippen LogP contribution in [-0.2, 0) is 11.3 Å². The molecule has 0 bridgehead atoms. The van der Waals surface area contributed by atoms with Crippen molar-refractivity contribution >= 4 is 39.9 Å². The molecule has 0 aliphatic carbocycles. The summed E-state index contributed by atoms with van der Waals surface area (Å²) in [6, 6.07) is 9.58. The van der Waals surface area contributed by atoms with Gasteiger partial charge < -0.3 is 25.0 Å². The lowest BCUT2D eigenvalue weighted by atomic mass is 10.1. The second-order valence-electron chi connectivity index (χ2n) is 7.38. The molecule has 0 fully saturated rings. The molecule has 3 rings (SSSR count). The summed E-state index contributed by atoms with van der Waals surface area (Å²) in [6.07, 6.45) is 1.89. The summed E-state index contributed by atoms with van der Waals surface area (Å²) in [4.78, 5) is 28.0. The van der Waals surface area contributed by atoms with Gasteiger partial charge in [-0.25, -0.2) is 4.79 Å². The average molecular weight is 414 g/mol. The lowest BCUT2D eigenvalue weighted by Gasteiger charge is -2.24. The molecule has 0 spiro atoms. The molecular formula is C21H27N5O2S. The zero-order valence-corrected chi connectivity index (χ0v) is 18.0. The number of urea groups is 1. The van der Waals surface area contributed by atoms with Crippen molar-refractivity contribution in [3.8, 4) is 0 Å². The van der Waals surface area contributed by atoms with Crippen molar-refractivity contribution in [2.45, 2.75) is 12.6 Å². The SMILES string of the molecule is CN(C)C(=O)Cn1ccc2cc(NC(=O)NCC(c3ccsc3)N(C)C)ccc21. The third kappa shape index (κ3) is 5.16. The second kappa shape index (κ2) is 9.11. The minimum absolute atomic E-state index is 0.0325.